The summed E-state index contributed by atoms with van der Waals surface area (Å²) < 4.78 is 36.9. The number of allylic oxidation sites excluding steroid dienone is 2. The second-order valence-electron chi connectivity index (χ2n) is 9.12. The Balaban J connectivity index is 1.72. The van der Waals surface area contributed by atoms with Crippen LogP contribution in [0.5, 0.6) is 5.75 Å². The van der Waals surface area contributed by atoms with E-state index in [1.165, 1.54) is 6.20 Å². The zero-order chi connectivity index (χ0) is 25.6. The van der Waals surface area contributed by atoms with Gasteiger partial charge in [0, 0.05) is 50.0 Å². The highest BCUT2D eigenvalue weighted by Gasteiger charge is 2.59. The summed E-state index contributed by atoms with van der Waals surface area (Å²) in [5.74, 6) is -2.00. The van der Waals surface area contributed by atoms with Crippen LogP contribution in [0.15, 0.2) is 52.2 Å². The number of fused-ring (bicyclic) bond motifs is 1. The number of aldehydes is 1. The second-order valence-corrected chi connectivity index (χ2v) is 9.12. The Kier molecular flexibility index (Phi) is 8.32. The molecule has 1 aromatic carbocycles. The SMILES string of the molecule is C=C/C(=C\N=C(C)C=O)c1ccc2c(c1)CC(F)(F)C1(CCN(CO/N=C(\N=C)C(C)C)CC1)O2. The Morgan fingerprint density at radius 1 is 1.31 bits per heavy atom. The van der Waals surface area contributed by atoms with E-state index in [0.29, 0.717) is 53.4 Å². The van der Waals surface area contributed by atoms with Crippen molar-refractivity contribution in [1.82, 2.24) is 4.90 Å². The van der Waals surface area contributed by atoms with E-state index in [9.17, 15) is 4.79 Å². The van der Waals surface area contributed by atoms with Crippen LogP contribution < -0.4 is 4.74 Å². The molecule has 0 bridgehead atoms. The van der Waals surface area contributed by atoms with Gasteiger partial charge < -0.3 is 9.57 Å². The molecule has 9 heteroatoms. The molecule has 1 fully saturated rings. The van der Waals surface area contributed by atoms with Crippen LogP contribution in [-0.4, -0.2) is 60.8 Å². The minimum atomic E-state index is -3.04. The standard InChI is InChI=1S/C26H32F2N4O3/c1-6-20(15-30-19(4)16-33)21-7-8-23-22(13-21)14-26(27,28)25(35-23)9-11-32(12-10-25)17-34-31-24(29-5)18(2)3/h6-8,13,15-16,18H,1,5,9-12,14,17H2,2-4H3/b20-15+,30-19?,31-24-. The number of amidine groups is 1. The molecule has 0 N–H and O–H groups in total. The monoisotopic (exact) mass is 486 g/mol. The van der Waals surface area contributed by atoms with Crippen LogP contribution >= 0.6 is 0 Å². The quantitative estimate of drug-likeness (QED) is 0.172. The molecule has 1 aromatic rings. The highest BCUT2D eigenvalue weighted by molar-refractivity contribution is 6.27. The summed E-state index contributed by atoms with van der Waals surface area (Å²) in [5.41, 5.74) is 0.482. The number of hydrogen-bond acceptors (Lipinski definition) is 6. The van der Waals surface area contributed by atoms with Crippen LogP contribution in [0.3, 0.4) is 0 Å². The average Bonchev–Trinajstić information content (AvgIpc) is 2.83. The molecule has 0 unspecified atom stereocenters. The lowest BCUT2D eigenvalue weighted by atomic mass is 9.79. The molecule has 0 radical (unpaired) electrons. The van der Waals surface area contributed by atoms with E-state index in [2.05, 4.69) is 28.4 Å². The van der Waals surface area contributed by atoms with Crippen LogP contribution in [0.2, 0.25) is 0 Å². The van der Waals surface area contributed by atoms with Crippen molar-refractivity contribution in [3.8, 4) is 5.75 Å². The third-order valence-corrected chi connectivity index (χ3v) is 6.32. The largest absolute Gasteiger partial charge is 0.481 e. The fraction of sp³-hybridized carbons (Fsp3) is 0.462. The second kappa shape index (κ2) is 11.0. The molecule has 3 rings (SSSR count). The Morgan fingerprint density at radius 2 is 2.03 bits per heavy atom. The van der Waals surface area contributed by atoms with Crippen molar-refractivity contribution in [3.63, 3.8) is 0 Å². The molecule has 0 amide bonds. The summed E-state index contributed by atoms with van der Waals surface area (Å²) in [7, 11) is 0. The predicted octanol–water partition coefficient (Wildman–Crippen LogP) is 4.92. The number of oxime groups is 1. The molecular formula is C26H32F2N4O3. The Labute approximate surface area is 204 Å². The normalized spacial score (nSPS) is 20.2. The Bertz CT molecular complexity index is 1050. The fourth-order valence-electron chi connectivity index (χ4n) is 4.13. The van der Waals surface area contributed by atoms with E-state index in [-0.39, 0.29) is 25.5 Å². The van der Waals surface area contributed by atoms with Gasteiger partial charge in [-0.25, -0.2) is 13.8 Å². The van der Waals surface area contributed by atoms with Gasteiger partial charge in [-0.05, 0) is 36.9 Å². The minimum absolute atomic E-state index is 0.0817. The van der Waals surface area contributed by atoms with Crippen molar-refractivity contribution in [3.05, 3.63) is 48.2 Å². The number of nitrogens with zero attached hydrogens (tertiary/aromatic N) is 4. The van der Waals surface area contributed by atoms with E-state index in [4.69, 9.17) is 9.57 Å². The molecule has 35 heavy (non-hydrogen) atoms. The highest BCUT2D eigenvalue weighted by Crippen LogP contribution is 2.48. The lowest BCUT2D eigenvalue weighted by Crippen LogP contribution is -2.61. The van der Waals surface area contributed by atoms with Crippen molar-refractivity contribution in [2.45, 2.75) is 51.6 Å². The minimum Gasteiger partial charge on any atom is -0.481 e. The van der Waals surface area contributed by atoms with Crippen LogP contribution in [0.1, 0.15) is 44.7 Å². The maximum atomic E-state index is 15.4. The van der Waals surface area contributed by atoms with Crippen molar-refractivity contribution in [2.24, 2.45) is 21.1 Å². The average molecular weight is 487 g/mol. The van der Waals surface area contributed by atoms with Gasteiger partial charge in [-0.2, -0.15) is 0 Å². The summed E-state index contributed by atoms with van der Waals surface area (Å²) in [6, 6.07) is 5.18. The molecule has 2 aliphatic heterocycles. The van der Waals surface area contributed by atoms with Crippen LogP contribution in [0.4, 0.5) is 8.78 Å². The number of alkyl halides is 2. The summed E-state index contributed by atoms with van der Waals surface area (Å²) >= 11 is 0. The number of benzene rings is 1. The molecule has 2 aliphatic rings. The number of halogens is 2. The molecule has 2 heterocycles. The van der Waals surface area contributed by atoms with Gasteiger partial charge in [0.2, 0.25) is 0 Å². The predicted molar refractivity (Wildman–Crippen MR) is 134 cm³/mol. The van der Waals surface area contributed by atoms with Gasteiger partial charge in [0.15, 0.2) is 24.5 Å². The molecule has 1 spiro atoms. The van der Waals surface area contributed by atoms with Crippen molar-refractivity contribution >= 4 is 30.1 Å². The number of likely N-dealkylation sites (tertiary alicyclic amines) is 1. The molecule has 1 saturated heterocycles. The zero-order valence-electron chi connectivity index (χ0n) is 20.5. The number of piperidine rings is 1. The lowest BCUT2D eigenvalue weighted by Gasteiger charge is -2.48. The highest BCUT2D eigenvalue weighted by atomic mass is 19.3. The third kappa shape index (κ3) is 5.90. The van der Waals surface area contributed by atoms with Crippen molar-refractivity contribution in [2.75, 3.05) is 19.8 Å². The maximum absolute atomic E-state index is 15.4. The number of rotatable bonds is 8. The van der Waals surface area contributed by atoms with E-state index in [1.54, 1.807) is 31.2 Å². The van der Waals surface area contributed by atoms with Crippen molar-refractivity contribution < 1.29 is 23.1 Å². The summed E-state index contributed by atoms with van der Waals surface area (Å²) in [6.07, 6.45) is 3.64. The van der Waals surface area contributed by atoms with E-state index >= 15 is 8.78 Å². The fourth-order valence-corrected chi connectivity index (χ4v) is 4.13. The molecule has 0 aliphatic carbocycles. The number of aliphatic imine (C=N–C) groups is 2. The lowest BCUT2D eigenvalue weighted by molar-refractivity contribution is -0.199. The van der Waals surface area contributed by atoms with Gasteiger partial charge in [-0.3, -0.25) is 14.7 Å². The van der Waals surface area contributed by atoms with E-state index in [0.717, 1.165) is 0 Å². The number of carbonyl (C=O) groups excluding carboxylic acids is 1. The smallest absolute Gasteiger partial charge is 0.291 e. The van der Waals surface area contributed by atoms with Gasteiger partial charge in [0.1, 0.15) is 5.75 Å². The molecule has 7 nitrogen and oxygen atoms in total. The molecule has 0 saturated carbocycles. The number of carbonyl (C=O) groups is 1. The topological polar surface area (TPSA) is 75.9 Å². The number of ether oxygens (including phenoxy) is 1. The molecule has 0 atom stereocenters. The summed E-state index contributed by atoms with van der Waals surface area (Å²) in [4.78, 5) is 26.0. The van der Waals surface area contributed by atoms with E-state index < -0.39 is 17.9 Å². The Morgan fingerprint density at radius 3 is 2.63 bits per heavy atom. The third-order valence-electron chi connectivity index (χ3n) is 6.32. The molecular weight excluding hydrogens is 454 g/mol. The van der Waals surface area contributed by atoms with Crippen molar-refractivity contribution in [1.29, 1.82) is 0 Å². The zero-order valence-corrected chi connectivity index (χ0v) is 20.5. The summed E-state index contributed by atoms with van der Waals surface area (Å²) in [6.45, 7) is 13.7. The van der Waals surface area contributed by atoms with Gasteiger partial charge in [0.25, 0.3) is 5.92 Å². The van der Waals surface area contributed by atoms with E-state index in [1.807, 2.05) is 18.7 Å². The van der Waals surface area contributed by atoms with Gasteiger partial charge in [0.05, 0.1) is 5.71 Å². The van der Waals surface area contributed by atoms with Crippen LogP contribution in [0.25, 0.3) is 5.57 Å². The molecule has 0 aromatic heterocycles. The number of hydrogen-bond donors (Lipinski definition) is 0. The first-order chi connectivity index (χ1) is 16.6. The first-order valence-electron chi connectivity index (χ1n) is 11.6. The maximum Gasteiger partial charge on any atom is 0.291 e. The first-order valence-corrected chi connectivity index (χ1v) is 11.6. The summed E-state index contributed by atoms with van der Waals surface area (Å²) in [5, 5.41) is 3.98. The van der Waals surface area contributed by atoms with Gasteiger partial charge >= 0.3 is 0 Å². The van der Waals surface area contributed by atoms with Crippen LogP contribution in [-0.2, 0) is 16.1 Å². The Hall–Kier alpha value is -3.20. The first kappa shape index (κ1) is 26.4. The molecule has 188 valence electrons. The van der Waals surface area contributed by atoms with Crippen LogP contribution in [0, 0.1) is 5.92 Å². The van der Waals surface area contributed by atoms with Gasteiger partial charge in [-0.15, -0.1) is 0 Å². The van der Waals surface area contributed by atoms with Gasteiger partial charge in [-0.1, -0.05) is 37.7 Å².